The minimum atomic E-state index is -0.861. The van der Waals surface area contributed by atoms with E-state index in [0.29, 0.717) is 60.6 Å². The monoisotopic (exact) mass is 586 g/mol. The summed E-state index contributed by atoms with van der Waals surface area (Å²) in [4.78, 5) is 32.7. The van der Waals surface area contributed by atoms with E-state index in [0.717, 1.165) is 6.42 Å². The third kappa shape index (κ3) is 5.33. The van der Waals surface area contributed by atoms with E-state index in [9.17, 15) is 9.59 Å². The molecule has 1 atom stereocenters. The number of hydrogen-bond acceptors (Lipinski definition) is 9. The van der Waals surface area contributed by atoms with E-state index in [1.165, 1.54) is 44.3 Å². The fraction of sp³-hybridized carbons (Fsp3) is 0.345. The molecule has 0 bridgehead atoms. The van der Waals surface area contributed by atoms with E-state index in [4.69, 9.17) is 40.3 Å². The zero-order chi connectivity index (χ0) is 29.0. The third-order valence-electron chi connectivity index (χ3n) is 6.40. The van der Waals surface area contributed by atoms with Crippen molar-refractivity contribution in [3.8, 4) is 23.0 Å². The fourth-order valence-electron chi connectivity index (χ4n) is 4.71. The van der Waals surface area contributed by atoms with E-state index in [-0.39, 0.29) is 17.7 Å². The number of thiazole rings is 1. The Kier molecular flexibility index (Phi) is 9.21. The van der Waals surface area contributed by atoms with Gasteiger partial charge in [-0.2, -0.15) is 0 Å². The summed E-state index contributed by atoms with van der Waals surface area (Å²) in [6, 6.07) is 7.76. The Morgan fingerprint density at radius 3 is 2.35 bits per heavy atom. The minimum Gasteiger partial charge on any atom is -0.496 e. The van der Waals surface area contributed by atoms with Crippen LogP contribution in [0.1, 0.15) is 43.9 Å². The van der Waals surface area contributed by atoms with Crippen LogP contribution in [0.2, 0.25) is 5.02 Å². The number of benzene rings is 2. The van der Waals surface area contributed by atoms with Crippen LogP contribution in [0.25, 0.3) is 6.08 Å². The largest absolute Gasteiger partial charge is 0.496 e. The maximum atomic E-state index is 14.1. The molecule has 0 unspecified atom stereocenters. The van der Waals surface area contributed by atoms with Gasteiger partial charge in [0.1, 0.15) is 11.8 Å². The Balaban J connectivity index is 2.06. The lowest BCUT2D eigenvalue weighted by atomic mass is 9.93. The highest BCUT2D eigenvalue weighted by atomic mass is 35.5. The van der Waals surface area contributed by atoms with Crippen molar-refractivity contribution in [2.45, 2.75) is 32.7 Å². The summed E-state index contributed by atoms with van der Waals surface area (Å²) in [7, 11) is 6.10. The quantitative estimate of drug-likeness (QED) is 0.327. The summed E-state index contributed by atoms with van der Waals surface area (Å²) in [6.45, 7) is 3.91. The van der Waals surface area contributed by atoms with Gasteiger partial charge in [0.2, 0.25) is 5.75 Å². The number of carbonyl (C=O) groups is 1. The lowest BCUT2D eigenvalue weighted by Gasteiger charge is -2.27. The van der Waals surface area contributed by atoms with Crippen LogP contribution in [0.5, 0.6) is 23.0 Å². The average molecular weight is 587 g/mol. The number of allylic oxidation sites excluding steroid dienone is 1. The molecule has 0 fully saturated rings. The van der Waals surface area contributed by atoms with E-state index < -0.39 is 12.0 Å². The number of carbonyl (C=O) groups excluding carboxylic acids is 1. The molecular formula is C29H31ClN2O7S. The Hall–Kier alpha value is -3.76. The van der Waals surface area contributed by atoms with Gasteiger partial charge in [-0.1, -0.05) is 36.3 Å². The number of ether oxygens (including phenoxy) is 5. The third-order valence-corrected chi connectivity index (χ3v) is 7.62. The fourth-order valence-corrected chi connectivity index (χ4v) is 5.90. The molecule has 0 amide bonds. The van der Waals surface area contributed by atoms with Crippen LogP contribution in [-0.2, 0) is 9.53 Å². The van der Waals surface area contributed by atoms with Gasteiger partial charge in [0, 0.05) is 16.1 Å². The van der Waals surface area contributed by atoms with Gasteiger partial charge in [-0.15, -0.1) is 0 Å². The van der Waals surface area contributed by atoms with Crippen molar-refractivity contribution in [3.63, 3.8) is 0 Å². The molecule has 3 aromatic rings. The number of fused-ring (bicyclic) bond motifs is 1. The van der Waals surface area contributed by atoms with Crippen LogP contribution < -0.4 is 33.8 Å². The van der Waals surface area contributed by atoms with Gasteiger partial charge in [0.05, 0.1) is 50.8 Å². The highest BCUT2D eigenvalue weighted by molar-refractivity contribution is 7.07. The summed E-state index contributed by atoms with van der Waals surface area (Å²) in [5.41, 5.74) is 1.67. The van der Waals surface area contributed by atoms with Crippen molar-refractivity contribution < 1.29 is 28.5 Å². The highest BCUT2D eigenvalue weighted by Gasteiger charge is 2.36. The SMILES string of the molecule is CCCC1=C(C(=O)OCC)[C@@H](c2cc(Cl)ccc2OC)n2c(s/c(=C/c3ccc(OC)c(OC)c3OC)c2=O)=N1. The van der Waals surface area contributed by atoms with E-state index >= 15 is 0 Å². The van der Waals surface area contributed by atoms with E-state index in [1.807, 2.05) is 6.92 Å². The maximum absolute atomic E-state index is 14.1. The van der Waals surface area contributed by atoms with Gasteiger partial charge in [0.25, 0.3) is 5.56 Å². The van der Waals surface area contributed by atoms with Crippen molar-refractivity contribution in [2.24, 2.45) is 4.99 Å². The van der Waals surface area contributed by atoms with Gasteiger partial charge in [-0.05, 0) is 49.8 Å². The average Bonchev–Trinajstić information content (AvgIpc) is 3.26. The standard InChI is InChI=1S/C29H31ClN2O7S/c1-7-9-19-23(28(34)39-8-2)24(18-15-17(30)11-13-20(18)35-3)32-27(33)22(40-29(32)31-19)14-16-10-12-21(36-4)26(38-6)25(16)37-5/h10-15,24H,7-9H2,1-6H3/b22-14+/t24-/m1/s1. The molecule has 0 N–H and O–H groups in total. The Bertz CT molecular complexity index is 1640. The first-order valence-corrected chi connectivity index (χ1v) is 13.9. The molecule has 0 saturated heterocycles. The number of esters is 1. The van der Waals surface area contributed by atoms with Gasteiger partial charge in [-0.3, -0.25) is 9.36 Å². The van der Waals surface area contributed by atoms with Gasteiger partial charge in [-0.25, -0.2) is 9.79 Å². The zero-order valence-corrected chi connectivity index (χ0v) is 24.8. The summed E-state index contributed by atoms with van der Waals surface area (Å²) >= 11 is 7.62. The molecule has 9 nitrogen and oxygen atoms in total. The molecule has 4 rings (SSSR count). The smallest absolute Gasteiger partial charge is 0.338 e. The van der Waals surface area contributed by atoms with Crippen LogP contribution in [0, 0.1) is 0 Å². The Morgan fingerprint density at radius 1 is 1.02 bits per heavy atom. The van der Waals surface area contributed by atoms with E-state index in [1.54, 1.807) is 43.3 Å². The predicted octanol–water partition coefficient (Wildman–Crippen LogP) is 4.27. The molecule has 11 heteroatoms. The molecule has 2 aromatic carbocycles. The first-order valence-electron chi connectivity index (χ1n) is 12.7. The number of halogens is 1. The molecule has 1 aliphatic heterocycles. The zero-order valence-electron chi connectivity index (χ0n) is 23.2. The Labute approximate surface area is 240 Å². The van der Waals surface area contributed by atoms with Gasteiger partial charge in [0.15, 0.2) is 16.3 Å². The number of hydrogen-bond donors (Lipinski definition) is 0. The number of rotatable bonds is 10. The van der Waals surface area contributed by atoms with Crippen molar-refractivity contribution in [2.75, 3.05) is 35.0 Å². The normalized spacial score (nSPS) is 14.9. The van der Waals surface area contributed by atoms with Crippen molar-refractivity contribution in [3.05, 3.63) is 77.4 Å². The molecular weight excluding hydrogens is 556 g/mol. The van der Waals surface area contributed by atoms with Crippen LogP contribution in [0.15, 0.2) is 51.4 Å². The summed E-state index contributed by atoms with van der Waals surface area (Å²) in [5, 5.41) is 0.435. The van der Waals surface area contributed by atoms with Gasteiger partial charge >= 0.3 is 5.97 Å². The molecule has 1 aliphatic rings. The summed E-state index contributed by atoms with van der Waals surface area (Å²) in [6.07, 6.45) is 2.96. The summed E-state index contributed by atoms with van der Waals surface area (Å²) < 4.78 is 29.5. The minimum absolute atomic E-state index is 0.171. The van der Waals surface area contributed by atoms with Gasteiger partial charge < -0.3 is 23.7 Å². The lowest BCUT2D eigenvalue weighted by molar-refractivity contribution is -0.139. The second-order valence-corrected chi connectivity index (χ2v) is 10.2. The van der Waals surface area contributed by atoms with E-state index in [2.05, 4.69) is 0 Å². The molecule has 0 aliphatic carbocycles. The number of methoxy groups -OCH3 is 4. The molecule has 0 saturated carbocycles. The highest BCUT2D eigenvalue weighted by Crippen LogP contribution is 2.40. The van der Waals surface area contributed by atoms with Crippen LogP contribution in [0.4, 0.5) is 0 Å². The summed E-state index contributed by atoms with van der Waals surface area (Å²) in [5.74, 6) is 1.25. The van der Waals surface area contributed by atoms with Crippen LogP contribution in [0.3, 0.4) is 0 Å². The second-order valence-electron chi connectivity index (χ2n) is 8.72. The number of aromatic nitrogens is 1. The molecule has 212 valence electrons. The van der Waals surface area contributed by atoms with Crippen molar-refractivity contribution in [1.29, 1.82) is 0 Å². The number of nitrogens with zero attached hydrogens (tertiary/aromatic N) is 2. The lowest BCUT2D eigenvalue weighted by Crippen LogP contribution is -2.40. The molecule has 0 spiro atoms. The van der Waals surface area contributed by atoms with Crippen molar-refractivity contribution in [1.82, 2.24) is 4.57 Å². The first kappa shape index (κ1) is 29.2. The second kappa shape index (κ2) is 12.6. The maximum Gasteiger partial charge on any atom is 0.338 e. The van der Waals surface area contributed by atoms with Crippen LogP contribution in [-0.4, -0.2) is 45.6 Å². The van der Waals surface area contributed by atoms with Crippen molar-refractivity contribution >= 4 is 35.0 Å². The first-order chi connectivity index (χ1) is 19.3. The molecule has 0 radical (unpaired) electrons. The molecule has 2 heterocycles. The predicted molar refractivity (Wildman–Crippen MR) is 154 cm³/mol. The van der Waals surface area contributed by atoms with Crippen LogP contribution >= 0.6 is 22.9 Å². The Morgan fingerprint density at radius 2 is 1.73 bits per heavy atom. The molecule has 40 heavy (non-hydrogen) atoms. The molecule has 1 aromatic heterocycles. The topological polar surface area (TPSA) is 97.6 Å².